The van der Waals surface area contributed by atoms with E-state index in [-0.39, 0.29) is 24.5 Å². The van der Waals surface area contributed by atoms with Crippen LogP contribution in [0, 0.1) is 0 Å². The van der Waals surface area contributed by atoms with E-state index in [1.54, 1.807) is 6.08 Å². The second-order valence-electron chi connectivity index (χ2n) is 3.74. The highest BCUT2D eigenvalue weighted by molar-refractivity contribution is 5.80. The minimum atomic E-state index is -0.264. The van der Waals surface area contributed by atoms with Gasteiger partial charge in [-0.05, 0) is 19.4 Å². The van der Waals surface area contributed by atoms with E-state index in [0.29, 0.717) is 6.54 Å². The number of hydrogen-bond donors (Lipinski definition) is 1. The largest absolute Gasteiger partial charge is 0.468 e. The van der Waals surface area contributed by atoms with Crippen LogP contribution in [-0.2, 0) is 14.3 Å². The molecule has 1 amide bonds. The van der Waals surface area contributed by atoms with Gasteiger partial charge in [0.05, 0.1) is 13.7 Å². The van der Waals surface area contributed by atoms with Crippen molar-refractivity contribution in [3.8, 4) is 0 Å². The number of methoxy groups -OCH3 is 1. The van der Waals surface area contributed by atoms with Crippen molar-refractivity contribution in [1.29, 1.82) is 0 Å². The Kier molecular flexibility index (Phi) is 4.98. The normalized spacial score (nSPS) is 20.4. The van der Waals surface area contributed by atoms with Gasteiger partial charge in [0.15, 0.2) is 0 Å². The predicted octanol–water partition coefficient (Wildman–Crippen LogP) is -0.0740. The average molecular weight is 226 g/mol. The van der Waals surface area contributed by atoms with E-state index in [9.17, 15) is 9.59 Å². The molecule has 90 valence electrons. The summed E-state index contributed by atoms with van der Waals surface area (Å²) in [7, 11) is 1.37. The van der Waals surface area contributed by atoms with Gasteiger partial charge in [0, 0.05) is 6.54 Å². The zero-order chi connectivity index (χ0) is 12.0. The number of rotatable bonds is 5. The number of amides is 1. The molecule has 1 heterocycles. The van der Waals surface area contributed by atoms with Crippen molar-refractivity contribution in [2.24, 2.45) is 0 Å². The summed E-state index contributed by atoms with van der Waals surface area (Å²) < 4.78 is 4.70. The van der Waals surface area contributed by atoms with Crippen molar-refractivity contribution < 1.29 is 14.3 Å². The van der Waals surface area contributed by atoms with E-state index in [4.69, 9.17) is 4.74 Å². The van der Waals surface area contributed by atoms with Gasteiger partial charge in [-0.15, -0.1) is 6.58 Å². The summed E-state index contributed by atoms with van der Waals surface area (Å²) in [5.41, 5.74) is 0. The molecule has 0 radical (unpaired) electrons. The summed E-state index contributed by atoms with van der Waals surface area (Å²) in [5.74, 6) is -0.343. The molecule has 1 N–H and O–H groups in total. The molecule has 0 aromatic carbocycles. The first kappa shape index (κ1) is 12.7. The molecule has 16 heavy (non-hydrogen) atoms. The van der Waals surface area contributed by atoms with Gasteiger partial charge in [-0.25, -0.2) is 0 Å². The van der Waals surface area contributed by atoms with Gasteiger partial charge < -0.3 is 10.1 Å². The van der Waals surface area contributed by atoms with Crippen LogP contribution in [0.25, 0.3) is 0 Å². The van der Waals surface area contributed by atoms with E-state index < -0.39 is 0 Å². The van der Waals surface area contributed by atoms with Crippen LogP contribution in [-0.4, -0.2) is 49.6 Å². The summed E-state index contributed by atoms with van der Waals surface area (Å²) in [4.78, 5) is 24.7. The van der Waals surface area contributed by atoms with E-state index in [1.807, 2.05) is 4.90 Å². The molecule has 0 aromatic heterocycles. The van der Waals surface area contributed by atoms with Crippen molar-refractivity contribution in [1.82, 2.24) is 10.2 Å². The quantitative estimate of drug-likeness (QED) is 0.526. The van der Waals surface area contributed by atoms with Crippen LogP contribution in [0.2, 0.25) is 0 Å². The third-order valence-corrected chi connectivity index (χ3v) is 2.63. The second-order valence-corrected chi connectivity index (χ2v) is 3.74. The number of carbonyl (C=O) groups is 2. The smallest absolute Gasteiger partial charge is 0.323 e. The molecule has 1 rings (SSSR count). The lowest BCUT2D eigenvalue weighted by Crippen LogP contribution is -2.43. The lowest BCUT2D eigenvalue weighted by atomic mass is 10.2. The molecular formula is C11H18N2O3. The highest BCUT2D eigenvalue weighted by Gasteiger charge is 2.32. The van der Waals surface area contributed by atoms with E-state index in [0.717, 1.165) is 19.4 Å². The van der Waals surface area contributed by atoms with Crippen LogP contribution in [0.15, 0.2) is 12.7 Å². The van der Waals surface area contributed by atoms with E-state index in [1.165, 1.54) is 7.11 Å². The fourth-order valence-electron chi connectivity index (χ4n) is 1.84. The van der Waals surface area contributed by atoms with Gasteiger partial charge in [-0.1, -0.05) is 6.08 Å². The van der Waals surface area contributed by atoms with Crippen molar-refractivity contribution in [3.05, 3.63) is 12.7 Å². The predicted molar refractivity (Wildman–Crippen MR) is 59.8 cm³/mol. The van der Waals surface area contributed by atoms with Gasteiger partial charge in [0.2, 0.25) is 5.91 Å². The highest BCUT2D eigenvalue weighted by atomic mass is 16.5. The molecule has 0 aromatic rings. The van der Waals surface area contributed by atoms with Crippen molar-refractivity contribution in [2.75, 3.05) is 26.7 Å². The van der Waals surface area contributed by atoms with Crippen molar-refractivity contribution in [2.45, 2.75) is 18.9 Å². The highest BCUT2D eigenvalue weighted by Crippen LogP contribution is 2.17. The van der Waals surface area contributed by atoms with Crippen LogP contribution in [0.4, 0.5) is 0 Å². The molecule has 5 nitrogen and oxygen atoms in total. The molecule has 5 heteroatoms. The molecular weight excluding hydrogens is 208 g/mol. The molecule has 1 unspecified atom stereocenters. The minimum Gasteiger partial charge on any atom is -0.468 e. The molecule has 1 atom stereocenters. The molecule has 1 aliphatic rings. The molecule has 0 aliphatic carbocycles. The number of likely N-dealkylation sites (tertiary alicyclic amines) is 1. The Balaban J connectivity index is 2.43. The monoisotopic (exact) mass is 226 g/mol. The first-order chi connectivity index (χ1) is 7.69. The Hall–Kier alpha value is -1.36. The van der Waals surface area contributed by atoms with E-state index >= 15 is 0 Å². The van der Waals surface area contributed by atoms with Crippen LogP contribution in [0.1, 0.15) is 12.8 Å². The Morgan fingerprint density at radius 3 is 3.00 bits per heavy atom. The Morgan fingerprint density at radius 1 is 1.62 bits per heavy atom. The van der Waals surface area contributed by atoms with Crippen molar-refractivity contribution in [3.63, 3.8) is 0 Å². The summed E-state index contributed by atoms with van der Waals surface area (Å²) in [5, 5.41) is 2.69. The third kappa shape index (κ3) is 3.34. The fourth-order valence-corrected chi connectivity index (χ4v) is 1.84. The molecule has 1 aliphatic heterocycles. The maximum absolute atomic E-state index is 11.5. The third-order valence-electron chi connectivity index (χ3n) is 2.63. The number of hydrogen-bond acceptors (Lipinski definition) is 4. The molecule has 1 saturated heterocycles. The maximum atomic E-state index is 11.5. The average Bonchev–Trinajstić information content (AvgIpc) is 2.73. The Labute approximate surface area is 95.4 Å². The minimum absolute atomic E-state index is 0.0873. The lowest BCUT2D eigenvalue weighted by molar-refractivity contribution is -0.146. The first-order valence-corrected chi connectivity index (χ1v) is 5.38. The molecule has 0 spiro atoms. The Bertz CT molecular complexity index is 278. The molecule has 0 bridgehead atoms. The number of carbonyl (C=O) groups excluding carboxylic acids is 2. The zero-order valence-corrected chi connectivity index (χ0v) is 9.57. The number of nitrogens with zero attached hydrogens (tertiary/aromatic N) is 1. The van der Waals surface area contributed by atoms with Gasteiger partial charge in [-0.2, -0.15) is 0 Å². The van der Waals surface area contributed by atoms with Gasteiger partial charge in [-0.3, -0.25) is 14.5 Å². The van der Waals surface area contributed by atoms with Gasteiger partial charge >= 0.3 is 5.97 Å². The molecule has 0 saturated carbocycles. The topological polar surface area (TPSA) is 58.6 Å². The number of esters is 1. The summed E-state index contributed by atoms with van der Waals surface area (Å²) in [6.07, 6.45) is 3.32. The fraction of sp³-hybridized carbons (Fsp3) is 0.636. The van der Waals surface area contributed by atoms with E-state index in [2.05, 4.69) is 11.9 Å². The maximum Gasteiger partial charge on any atom is 0.323 e. The van der Waals surface area contributed by atoms with Crippen LogP contribution in [0.5, 0.6) is 0 Å². The SMILES string of the molecule is C=CCNC(=O)CN1CCCC1C(=O)OC. The van der Waals surface area contributed by atoms with Crippen LogP contribution >= 0.6 is 0 Å². The molecule has 1 fully saturated rings. The standard InChI is InChI=1S/C11H18N2O3/c1-3-6-12-10(14)8-13-7-4-5-9(13)11(15)16-2/h3,9H,1,4-8H2,2H3,(H,12,14). The first-order valence-electron chi connectivity index (χ1n) is 5.38. The number of ether oxygens (including phenoxy) is 1. The summed E-state index contributed by atoms with van der Waals surface area (Å²) in [6, 6.07) is -0.264. The zero-order valence-electron chi connectivity index (χ0n) is 9.57. The Morgan fingerprint density at radius 2 is 2.38 bits per heavy atom. The van der Waals surface area contributed by atoms with Crippen LogP contribution in [0.3, 0.4) is 0 Å². The second kappa shape index (κ2) is 6.27. The summed E-state index contributed by atoms with van der Waals surface area (Å²) in [6.45, 7) is 4.98. The number of nitrogens with one attached hydrogen (secondary N) is 1. The van der Waals surface area contributed by atoms with Crippen LogP contribution < -0.4 is 5.32 Å². The summed E-state index contributed by atoms with van der Waals surface area (Å²) >= 11 is 0. The van der Waals surface area contributed by atoms with Gasteiger partial charge in [0.25, 0.3) is 0 Å². The van der Waals surface area contributed by atoms with Gasteiger partial charge in [0.1, 0.15) is 6.04 Å². The van der Waals surface area contributed by atoms with Crippen molar-refractivity contribution >= 4 is 11.9 Å². The lowest BCUT2D eigenvalue weighted by Gasteiger charge is -2.21.